The maximum Gasteiger partial charge on any atom is 0.329 e. The fraction of sp³-hybridized carbons (Fsp3) is 0.778. The quantitative estimate of drug-likeness (QED) is 0.727. The zero-order valence-electron chi connectivity index (χ0n) is 9.85. The molecule has 0 heterocycles. The number of likely N-dealkylation sites (N-methyl/N-ethyl adjacent to an activating group) is 1. The first-order valence-electron chi connectivity index (χ1n) is 4.75. The van der Waals surface area contributed by atoms with Gasteiger partial charge in [-0.25, -0.2) is 13.2 Å². The molecule has 0 aliphatic heterocycles. The van der Waals surface area contributed by atoms with E-state index >= 15 is 0 Å². The van der Waals surface area contributed by atoms with E-state index in [-0.39, 0.29) is 5.75 Å². The minimum atomic E-state index is -3.43. The molecule has 0 bridgehead atoms. The summed E-state index contributed by atoms with van der Waals surface area (Å²) >= 11 is 0. The maximum absolute atomic E-state index is 11.6. The van der Waals surface area contributed by atoms with Crippen LogP contribution in [0.4, 0.5) is 0 Å². The van der Waals surface area contributed by atoms with E-state index < -0.39 is 33.0 Å². The van der Waals surface area contributed by atoms with Crippen molar-refractivity contribution in [2.45, 2.75) is 26.3 Å². The van der Waals surface area contributed by atoms with E-state index in [2.05, 4.69) is 0 Å². The van der Waals surface area contributed by atoms with Gasteiger partial charge >= 0.3 is 5.97 Å². The van der Waals surface area contributed by atoms with Crippen molar-refractivity contribution in [1.29, 1.82) is 0 Å². The van der Waals surface area contributed by atoms with Crippen LogP contribution in [-0.4, -0.2) is 54.4 Å². The minimum Gasteiger partial charge on any atom is -0.480 e. The summed E-state index contributed by atoms with van der Waals surface area (Å²) in [6.45, 7) is 4.11. The lowest BCUT2D eigenvalue weighted by molar-refractivity contribution is -0.154. The number of amides is 1. The van der Waals surface area contributed by atoms with E-state index in [0.29, 0.717) is 0 Å². The molecule has 1 amide bonds. The third kappa shape index (κ3) is 3.48. The van der Waals surface area contributed by atoms with Crippen LogP contribution in [0.25, 0.3) is 0 Å². The standard InChI is InChI=1S/C9H17NO5S/c1-5-16(14,15)6-7(11)10(4)9(2,3)8(12)13/h5-6H2,1-4H3,(H,12,13). The molecule has 0 rings (SSSR count). The van der Waals surface area contributed by atoms with Gasteiger partial charge in [-0.15, -0.1) is 0 Å². The predicted octanol–water partition coefficient (Wildman–Crippen LogP) is -0.257. The molecular weight excluding hydrogens is 234 g/mol. The Balaban J connectivity index is 4.84. The first kappa shape index (κ1) is 14.9. The van der Waals surface area contributed by atoms with E-state index in [4.69, 9.17) is 5.11 Å². The van der Waals surface area contributed by atoms with Crippen molar-refractivity contribution in [3.63, 3.8) is 0 Å². The number of carbonyl (C=O) groups is 2. The number of sulfone groups is 1. The number of hydrogen-bond acceptors (Lipinski definition) is 4. The molecule has 0 spiro atoms. The first-order chi connectivity index (χ1) is 7.04. The normalized spacial score (nSPS) is 12.2. The Morgan fingerprint density at radius 1 is 1.31 bits per heavy atom. The van der Waals surface area contributed by atoms with Gasteiger partial charge < -0.3 is 10.0 Å². The summed E-state index contributed by atoms with van der Waals surface area (Å²) in [5.41, 5.74) is -1.42. The molecule has 0 saturated heterocycles. The SMILES string of the molecule is CCS(=O)(=O)CC(=O)N(C)C(C)(C)C(=O)O. The van der Waals surface area contributed by atoms with Gasteiger partial charge in [0.15, 0.2) is 9.84 Å². The topological polar surface area (TPSA) is 91.8 Å². The highest BCUT2D eigenvalue weighted by atomic mass is 32.2. The molecule has 7 heteroatoms. The molecular formula is C9H17NO5S. The number of rotatable bonds is 5. The number of carbonyl (C=O) groups excluding carboxylic acids is 1. The molecule has 0 fully saturated rings. The van der Waals surface area contributed by atoms with Crippen LogP contribution in [0.15, 0.2) is 0 Å². The lowest BCUT2D eigenvalue weighted by Crippen LogP contribution is -2.52. The Hall–Kier alpha value is -1.11. The van der Waals surface area contributed by atoms with Crippen molar-refractivity contribution in [2.75, 3.05) is 18.6 Å². The molecule has 94 valence electrons. The van der Waals surface area contributed by atoms with Gasteiger partial charge in [0, 0.05) is 12.8 Å². The average Bonchev–Trinajstić information content (AvgIpc) is 2.15. The van der Waals surface area contributed by atoms with Gasteiger partial charge in [-0.2, -0.15) is 0 Å². The van der Waals surface area contributed by atoms with E-state index in [1.807, 2.05) is 0 Å². The number of aliphatic carboxylic acids is 1. The molecule has 6 nitrogen and oxygen atoms in total. The monoisotopic (exact) mass is 251 g/mol. The number of hydrogen-bond donors (Lipinski definition) is 1. The minimum absolute atomic E-state index is 0.139. The highest BCUT2D eigenvalue weighted by Gasteiger charge is 2.36. The Labute approximate surface area is 95.2 Å². The second-order valence-electron chi connectivity index (χ2n) is 3.99. The van der Waals surface area contributed by atoms with Crippen molar-refractivity contribution in [3.05, 3.63) is 0 Å². The van der Waals surface area contributed by atoms with Gasteiger partial charge in [0.25, 0.3) is 0 Å². The van der Waals surface area contributed by atoms with Crippen molar-refractivity contribution < 1.29 is 23.1 Å². The number of nitrogens with zero attached hydrogens (tertiary/aromatic N) is 1. The van der Waals surface area contributed by atoms with Crippen LogP contribution < -0.4 is 0 Å². The van der Waals surface area contributed by atoms with Gasteiger partial charge in [0.05, 0.1) is 0 Å². The Kier molecular flexibility index (Phi) is 4.48. The lowest BCUT2D eigenvalue weighted by Gasteiger charge is -2.31. The Bertz CT molecular complexity index is 385. The van der Waals surface area contributed by atoms with Crippen LogP contribution in [0, 0.1) is 0 Å². The Morgan fingerprint density at radius 3 is 2.06 bits per heavy atom. The second-order valence-corrected chi connectivity index (χ2v) is 6.35. The largest absolute Gasteiger partial charge is 0.480 e. The van der Waals surface area contributed by atoms with Crippen LogP contribution in [0.3, 0.4) is 0 Å². The van der Waals surface area contributed by atoms with Crippen LogP contribution in [0.1, 0.15) is 20.8 Å². The lowest BCUT2D eigenvalue weighted by atomic mass is 10.0. The summed E-state index contributed by atoms with van der Waals surface area (Å²) in [6.07, 6.45) is 0. The molecule has 0 aliphatic carbocycles. The van der Waals surface area contributed by atoms with Gasteiger partial charge in [-0.3, -0.25) is 4.79 Å². The summed E-state index contributed by atoms with van der Waals surface area (Å²) in [6, 6.07) is 0. The summed E-state index contributed by atoms with van der Waals surface area (Å²) < 4.78 is 22.4. The van der Waals surface area contributed by atoms with E-state index in [1.54, 1.807) is 0 Å². The third-order valence-corrected chi connectivity index (χ3v) is 4.09. The van der Waals surface area contributed by atoms with Crippen LogP contribution in [-0.2, 0) is 19.4 Å². The van der Waals surface area contributed by atoms with Crippen molar-refractivity contribution in [3.8, 4) is 0 Å². The van der Waals surface area contributed by atoms with Gasteiger partial charge in [-0.1, -0.05) is 6.92 Å². The number of carboxylic acids is 1. The highest BCUT2D eigenvalue weighted by molar-refractivity contribution is 7.92. The van der Waals surface area contributed by atoms with Crippen molar-refractivity contribution >= 4 is 21.7 Å². The fourth-order valence-corrected chi connectivity index (χ4v) is 1.62. The third-order valence-electron chi connectivity index (χ3n) is 2.52. The Morgan fingerprint density at radius 2 is 1.75 bits per heavy atom. The number of carboxylic acid groups (broad SMARTS) is 1. The second kappa shape index (κ2) is 4.82. The molecule has 0 aromatic rings. The van der Waals surface area contributed by atoms with Gasteiger partial charge in [0.1, 0.15) is 11.3 Å². The van der Waals surface area contributed by atoms with E-state index in [9.17, 15) is 18.0 Å². The summed E-state index contributed by atoms with van der Waals surface area (Å²) in [5.74, 6) is -2.69. The summed E-state index contributed by atoms with van der Waals surface area (Å²) in [4.78, 5) is 23.3. The van der Waals surface area contributed by atoms with Crippen molar-refractivity contribution in [2.24, 2.45) is 0 Å². The predicted molar refractivity (Wildman–Crippen MR) is 58.8 cm³/mol. The molecule has 0 aromatic heterocycles. The van der Waals surface area contributed by atoms with Crippen molar-refractivity contribution in [1.82, 2.24) is 4.90 Å². The zero-order valence-corrected chi connectivity index (χ0v) is 10.7. The molecule has 0 aromatic carbocycles. The van der Waals surface area contributed by atoms with Gasteiger partial charge in [-0.05, 0) is 13.8 Å². The molecule has 1 N–H and O–H groups in total. The molecule has 0 atom stereocenters. The maximum atomic E-state index is 11.6. The highest BCUT2D eigenvalue weighted by Crippen LogP contribution is 2.13. The summed E-state index contributed by atoms with van der Waals surface area (Å²) in [5, 5.41) is 8.87. The van der Waals surface area contributed by atoms with Crippen LogP contribution in [0.5, 0.6) is 0 Å². The average molecular weight is 251 g/mol. The fourth-order valence-electron chi connectivity index (χ4n) is 0.842. The van der Waals surface area contributed by atoms with E-state index in [0.717, 1.165) is 4.90 Å². The first-order valence-corrected chi connectivity index (χ1v) is 6.57. The molecule has 0 radical (unpaired) electrons. The molecule has 16 heavy (non-hydrogen) atoms. The molecule has 0 unspecified atom stereocenters. The zero-order chi connectivity index (χ0) is 13.1. The molecule has 0 saturated carbocycles. The van der Waals surface area contributed by atoms with Crippen LogP contribution >= 0.6 is 0 Å². The van der Waals surface area contributed by atoms with Crippen LogP contribution in [0.2, 0.25) is 0 Å². The summed E-state index contributed by atoms with van der Waals surface area (Å²) in [7, 11) is -2.15. The van der Waals surface area contributed by atoms with E-state index in [1.165, 1.54) is 27.8 Å². The smallest absolute Gasteiger partial charge is 0.329 e. The van der Waals surface area contributed by atoms with Gasteiger partial charge in [0.2, 0.25) is 5.91 Å². The molecule has 0 aliphatic rings.